The molecule has 0 bridgehead atoms. The molecule has 2 atom stereocenters. The van der Waals surface area contributed by atoms with Crippen molar-refractivity contribution in [3.8, 4) is 22.8 Å². The lowest BCUT2D eigenvalue weighted by molar-refractivity contribution is -0.119. The van der Waals surface area contributed by atoms with Crippen molar-refractivity contribution in [3.05, 3.63) is 48.5 Å². The van der Waals surface area contributed by atoms with Crippen molar-refractivity contribution in [3.63, 3.8) is 0 Å². The molecule has 0 aliphatic carbocycles. The number of nitrogens with one attached hydrogen (secondary N) is 1. The monoisotopic (exact) mass is 532 g/mol. The van der Waals surface area contributed by atoms with Gasteiger partial charge in [-0.1, -0.05) is 0 Å². The third-order valence-electron chi connectivity index (χ3n) is 7.12. The van der Waals surface area contributed by atoms with Crippen LogP contribution in [0.5, 0.6) is 11.5 Å². The highest BCUT2D eigenvalue weighted by Crippen LogP contribution is 2.37. The van der Waals surface area contributed by atoms with Gasteiger partial charge in [-0.05, 0) is 63.2 Å². The summed E-state index contributed by atoms with van der Waals surface area (Å²) in [6, 6.07) is 16.1. The van der Waals surface area contributed by atoms with Crippen LogP contribution >= 0.6 is 0 Å². The molecule has 2 aliphatic rings. The Hall–Kier alpha value is -4.01. The molecule has 2 aromatic carbocycles. The Balaban J connectivity index is 1.32. The summed E-state index contributed by atoms with van der Waals surface area (Å²) < 4.78 is 16.7. The van der Waals surface area contributed by atoms with Gasteiger partial charge >= 0.3 is 6.09 Å². The first-order valence-electron chi connectivity index (χ1n) is 13.3. The Morgan fingerprint density at radius 1 is 1.10 bits per heavy atom. The third-order valence-corrected chi connectivity index (χ3v) is 7.12. The summed E-state index contributed by atoms with van der Waals surface area (Å²) in [6.07, 6.45) is 0.208. The molecule has 3 heterocycles. The number of ether oxygens (including phenoxy) is 3. The minimum atomic E-state index is -0.534. The highest BCUT2D eigenvalue weighted by atomic mass is 16.6. The predicted molar refractivity (Wildman–Crippen MR) is 150 cm³/mol. The minimum Gasteiger partial charge on any atom is -0.497 e. The van der Waals surface area contributed by atoms with E-state index in [1.807, 2.05) is 57.2 Å². The van der Waals surface area contributed by atoms with E-state index in [0.717, 1.165) is 46.7 Å². The number of anilines is 1. The van der Waals surface area contributed by atoms with E-state index in [2.05, 4.69) is 22.3 Å². The van der Waals surface area contributed by atoms with Gasteiger partial charge in [0, 0.05) is 55.2 Å². The van der Waals surface area contributed by atoms with Gasteiger partial charge in [-0.25, -0.2) is 9.78 Å². The van der Waals surface area contributed by atoms with Crippen LogP contribution in [0.15, 0.2) is 48.5 Å². The van der Waals surface area contributed by atoms with Crippen molar-refractivity contribution < 1.29 is 23.8 Å². The van der Waals surface area contributed by atoms with Crippen LogP contribution in [0.25, 0.3) is 22.2 Å². The summed E-state index contributed by atoms with van der Waals surface area (Å²) in [7, 11) is 3.35. The number of benzene rings is 2. The summed E-state index contributed by atoms with van der Waals surface area (Å²) in [5, 5.41) is 4.17. The fourth-order valence-corrected chi connectivity index (χ4v) is 5.12. The highest BCUT2D eigenvalue weighted by molar-refractivity contribution is 5.95. The number of nitrogens with zero attached hydrogens (tertiary/aromatic N) is 3. The Morgan fingerprint density at radius 3 is 2.54 bits per heavy atom. The van der Waals surface area contributed by atoms with Crippen molar-refractivity contribution in [2.24, 2.45) is 5.92 Å². The SMILES string of the molecule is COc1ccc2c(N3C[C@H]4CC(=O)N[C@H]4C3)cc(-c3ccc(OCCN(C)C(=O)OC(C)(C)C)cc3)nc2c1. The topological polar surface area (TPSA) is 93.2 Å². The lowest BCUT2D eigenvalue weighted by Gasteiger charge is -2.24. The van der Waals surface area contributed by atoms with E-state index in [1.165, 1.54) is 4.90 Å². The Morgan fingerprint density at radius 2 is 1.85 bits per heavy atom. The first-order valence-corrected chi connectivity index (χ1v) is 13.3. The number of amides is 2. The van der Waals surface area contributed by atoms with E-state index in [0.29, 0.717) is 31.2 Å². The second kappa shape index (κ2) is 10.6. The van der Waals surface area contributed by atoms with Crippen LogP contribution in [-0.2, 0) is 9.53 Å². The second-order valence-electron chi connectivity index (χ2n) is 11.2. The molecule has 0 spiro atoms. The minimum absolute atomic E-state index is 0.147. The molecule has 0 radical (unpaired) electrons. The van der Waals surface area contributed by atoms with Gasteiger partial charge in [0.05, 0.1) is 30.9 Å². The van der Waals surface area contributed by atoms with E-state index in [-0.39, 0.29) is 18.0 Å². The van der Waals surface area contributed by atoms with Crippen LogP contribution < -0.4 is 19.7 Å². The van der Waals surface area contributed by atoms with Crippen molar-refractivity contribution in [1.29, 1.82) is 0 Å². The lowest BCUT2D eigenvalue weighted by atomic mass is 10.1. The molecule has 206 valence electrons. The summed E-state index contributed by atoms with van der Waals surface area (Å²) >= 11 is 0. The van der Waals surface area contributed by atoms with Gasteiger partial charge in [0.2, 0.25) is 5.91 Å². The van der Waals surface area contributed by atoms with Crippen LogP contribution in [0.4, 0.5) is 10.5 Å². The summed E-state index contributed by atoms with van der Waals surface area (Å²) in [6.45, 7) is 7.90. The molecular weight excluding hydrogens is 496 g/mol. The van der Waals surface area contributed by atoms with Gasteiger partial charge in [-0.2, -0.15) is 0 Å². The zero-order valence-electron chi connectivity index (χ0n) is 23.2. The molecular formula is C30H36N4O5. The van der Waals surface area contributed by atoms with Gasteiger partial charge < -0.3 is 29.3 Å². The van der Waals surface area contributed by atoms with E-state index in [4.69, 9.17) is 19.2 Å². The van der Waals surface area contributed by atoms with Crippen LogP contribution in [0, 0.1) is 5.92 Å². The fraction of sp³-hybridized carbons (Fsp3) is 0.433. The average molecular weight is 533 g/mol. The van der Waals surface area contributed by atoms with Crippen molar-refractivity contribution in [2.75, 3.05) is 45.3 Å². The normalized spacial score (nSPS) is 18.6. The molecule has 0 saturated carbocycles. The summed E-state index contributed by atoms with van der Waals surface area (Å²) in [4.78, 5) is 32.8. The number of carbonyl (C=O) groups excluding carboxylic acids is 2. The molecule has 3 aromatic rings. The molecule has 9 heteroatoms. The molecule has 2 amide bonds. The first kappa shape index (κ1) is 26.6. The van der Waals surface area contributed by atoms with Crippen molar-refractivity contribution in [2.45, 2.75) is 38.8 Å². The first-order chi connectivity index (χ1) is 18.6. The zero-order valence-corrected chi connectivity index (χ0v) is 23.2. The molecule has 1 aromatic heterocycles. The third kappa shape index (κ3) is 6.02. The zero-order chi connectivity index (χ0) is 27.7. The van der Waals surface area contributed by atoms with E-state index < -0.39 is 5.60 Å². The number of pyridine rings is 1. The number of fused-ring (bicyclic) bond motifs is 2. The molecule has 1 N–H and O–H groups in total. The van der Waals surface area contributed by atoms with Crippen molar-refractivity contribution in [1.82, 2.24) is 15.2 Å². The van der Waals surface area contributed by atoms with Gasteiger partial charge in [0.1, 0.15) is 23.7 Å². The second-order valence-corrected chi connectivity index (χ2v) is 11.2. The Kier molecular flexibility index (Phi) is 7.25. The van der Waals surface area contributed by atoms with Gasteiger partial charge in [-0.15, -0.1) is 0 Å². The number of carbonyl (C=O) groups is 2. The van der Waals surface area contributed by atoms with Crippen LogP contribution in [0.2, 0.25) is 0 Å². The van der Waals surface area contributed by atoms with Crippen LogP contribution in [0.1, 0.15) is 27.2 Å². The smallest absolute Gasteiger partial charge is 0.410 e. The molecule has 5 rings (SSSR count). The standard InChI is InChI=1S/C30H36N4O5/c1-30(2,3)39-29(36)33(4)12-13-38-21-8-6-19(7-9-21)24-16-27(23-11-10-22(37-5)15-25(23)31-24)34-17-20-14-28(35)32-26(20)18-34/h6-11,15-16,20,26H,12-14,17-18H2,1-5H3,(H,32,35)/t20-,26+/m1/s1. The number of hydrogen-bond donors (Lipinski definition) is 1. The predicted octanol–water partition coefficient (Wildman–Crippen LogP) is 4.48. The maximum Gasteiger partial charge on any atom is 0.410 e. The number of rotatable bonds is 7. The largest absolute Gasteiger partial charge is 0.497 e. The number of likely N-dealkylation sites (N-methyl/N-ethyl adjacent to an activating group) is 1. The van der Waals surface area contributed by atoms with Crippen molar-refractivity contribution >= 4 is 28.6 Å². The number of methoxy groups -OCH3 is 1. The molecule has 2 aliphatic heterocycles. The number of aromatic nitrogens is 1. The maximum atomic E-state index is 12.1. The molecule has 39 heavy (non-hydrogen) atoms. The Labute approximate surface area is 229 Å². The van der Waals surface area contributed by atoms with Gasteiger partial charge in [-0.3, -0.25) is 4.79 Å². The molecule has 2 fully saturated rings. The fourth-order valence-electron chi connectivity index (χ4n) is 5.12. The Bertz CT molecular complexity index is 1350. The van der Waals surface area contributed by atoms with E-state index in [1.54, 1.807) is 14.2 Å². The summed E-state index contributed by atoms with van der Waals surface area (Å²) in [5.74, 6) is 1.94. The number of hydrogen-bond acceptors (Lipinski definition) is 7. The maximum absolute atomic E-state index is 12.1. The van der Waals surface area contributed by atoms with Crippen LogP contribution in [0.3, 0.4) is 0 Å². The average Bonchev–Trinajstić information content (AvgIpc) is 3.44. The molecule has 2 saturated heterocycles. The van der Waals surface area contributed by atoms with Gasteiger partial charge in [0.15, 0.2) is 0 Å². The molecule has 0 unspecified atom stereocenters. The summed E-state index contributed by atoms with van der Waals surface area (Å²) in [5.41, 5.74) is 3.24. The van der Waals surface area contributed by atoms with E-state index in [9.17, 15) is 9.59 Å². The quantitative estimate of drug-likeness (QED) is 0.480. The van der Waals surface area contributed by atoms with Crippen LogP contribution in [-0.4, -0.2) is 73.9 Å². The highest BCUT2D eigenvalue weighted by Gasteiger charge is 2.40. The lowest BCUT2D eigenvalue weighted by Crippen LogP contribution is -2.36. The van der Waals surface area contributed by atoms with E-state index >= 15 is 0 Å². The van der Waals surface area contributed by atoms with Gasteiger partial charge in [0.25, 0.3) is 0 Å². The molecule has 9 nitrogen and oxygen atoms in total.